The van der Waals surface area contributed by atoms with Crippen LogP contribution in [0.5, 0.6) is 0 Å². The summed E-state index contributed by atoms with van der Waals surface area (Å²) in [4.78, 5) is 8.78. The molecule has 28 heavy (non-hydrogen) atoms. The molecular formula is C24H20N4. The number of benzene rings is 2. The third-order valence-corrected chi connectivity index (χ3v) is 4.20. The van der Waals surface area contributed by atoms with Gasteiger partial charge in [0.1, 0.15) is 11.6 Å². The second-order valence-corrected chi connectivity index (χ2v) is 6.19. The molecule has 0 unspecified atom stereocenters. The third kappa shape index (κ3) is 4.43. The molecule has 0 radical (unpaired) electrons. The van der Waals surface area contributed by atoms with E-state index in [2.05, 4.69) is 51.0 Å². The Morgan fingerprint density at radius 1 is 0.571 bits per heavy atom. The Morgan fingerprint density at radius 3 is 1.93 bits per heavy atom. The topological polar surface area (TPSA) is 49.8 Å². The standard InChI is InChI=1S/C24H20N4/c1-2-9-19(10-3-1)15-16-20-11-8-12-21(27-22-13-4-6-17-25-22)24(20)28-23-14-5-7-18-26-23/h1-18H,(H,25,27)(H,26,28)/b16-15-. The van der Waals surface area contributed by atoms with E-state index in [1.54, 1.807) is 12.4 Å². The number of nitrogens with one attached hydrogen (secondary N) is 2. The van der Waals surface area contributed by atoms with Gasteiger partial charge in [-0.3, -0.25) is 0 Å². The molecule has 4 aromatic rings. The molecule has 0 saturated heterocycles. The van der Waals surface area contributed by atoms with Crippen LogP contribution >= 0.6 is 0 Å². The van der Waals surface area contributed by atoms with Crippen LogP contribution in [0.15, 0.2) is 97.3 Å². The highest BCUT2D eigenvalue weighted by molar-refractivity contribution is 5.87. The zero-order valence-electron chi connectivity index (χ0n) is 15.3. The molecule has 0 aliphatic carbocycles. The van der Waals surface area contributed by atoms with Gasteiger partial charge in [-0.2, -0.15) is 0 Å². The molecule has 2 aromatic carbocycles. The summed E-state index contributed by atoms with van der Waals surface area (Å²) >= 11 is 0. The molecule has 4 heteroatoms. The molecule has 2 N–H and O–H groups in total. The van der Waals surface area contributed by atoms with Gasteiger partial charge in [0.25, 0.3) is 0 Å². The first-order valence-electron chi connectivity index (χ1n) is 9.11. The van der Waals surface area contributed by atoms with Crippen molar-refractivity contribution in [3.8, 4) is 0 Å². The SMILES string of the molecule is C(=C/c1cccc(Nc2ccccn2)c1Nc1ccccn1)/c1ccccc1. The summed E-state index contributed by atoms with van der Waals surface area (Å²) in [5, 5.41) is 6.84. The molecule has 4 nitrogen and oxygen atoms in total. The van der Waals surface area contributed by atoms with E-state index in [9.17, 15) is 0 Å². The number of nitrogens with zero attached hydrogens (tertiary/aromatic N) is 2. The molecule has 136 valence electrons. The van der Waals surface area contributed by atoms with Crippen molar-refractivity contribution in [3.05, 3.63) is 108 Å². The van der Waals surface area contributed by atoms with Gasteiger partial charge in [-0.1, -0.05) is 66.7 Å². The molecule has 0 spiro atoms. The fourth-order valence-electron chi connectivity index (χ4n) is 2.84. The number of hydrogen-bond acceptors (Lipinski definition) is 4. The number of hydrogen-bond donors (Lipinski definition) is 2. The molecule has 0 aliphatic heterocycles. The average molecular weight is 364 g/mol. The fourth-order valence-corrected chi connectivity index (χ4v) is 2.84. The third-order valence-electron chi connectivity index (χ3n) is 4.20. The van der Waals surface area contributed by atoms with Gasteiger partial charge < -0.3 is 10.6 Å². The highest BCUT2D eigenvalue weighted by Gasteiger charge is 2.09. The predicted octanol–water partition coefficient (Wildman–Crippen LogP) is 6.13. The summed E-state index contributed by atoms with van der Waals surface area (Å²) in [7, 11) is 0. The molecule has 0 aliphatic rings. The van der Waals surface area contributed by atoms with Crippen LogP contribution in [0.1, 0.15) is 11.1 Å². The van der Waals surface area contributed by atoms with E-state index in [1.807, 2.05) is 66.7 Å². The zero-order valence-corrected chi connectivity index (χ0v) is 15.3. The maximum Gasteiger partial charge on any atom is 0.130 e. The van der Waals surface area contributed by atoms with Crippen LogP contribution in [0.3, 0.4) is 0 Å². The van der Waals surface area contributed by atoms with Crippen LogP contribution in [0.2, 0.25) is 0 Å². The number of aromatic nitrogens is 2. The molecule has 0 bridgehead atoms. The molecular weight excluding hydrogens is 344 g/mol. The van der Waals surface area contributed by atoms with E-state index in [-0.39, 0.29) is 0 Å². The van der Waals surface area contributed by atoms with E-state index >= 15 is 0 Å². The molecule has 2 aromatic heterocycles. The van der Waals surface area contributed by atoms with Crippen molar-refractivity contribution in [2.45, 2.75) is 0 Å². The Kier molecular flexibility index (Phi) is 5.40. The Balaban J connectivity index is 1.72. The summed E-state index contributed by atoms with van der Waals surface area (Å²) in [6.45, 7) is 0. The summed E-state index contributed by atoms with van der Waals surface area (Å²) in [5.74, 6) is 1.57. The van der Waals surface area contributed by atoms with Gasteiger partial charge >= 0.3 is 0 Å². The highest BCUT2D eigenvalue weighted by atomic mass is 15.0. The molecule has 0 saturated carbocycles. The van der Waals surface area contributed by atoms with Crippen LogP contribution in [0, 0.1) is 0 Å². The molecule has 0 amide bonds. The minimum atomic E-state index is 0.784. The van der Waals surface area contributed by atoms with E-state index in [4.69, 9.17) is 0 Å². The number of rotatable bonds is 6. The Labute approximate surface area is 164 Å². The Hall–Kier alpha value is -3.92. The summed E-state index contributed by atoms with van der Waals surface area (Å²) in [5.41, 5.74) is 4.07. The lowest BCUT2D eigenvalue weighted by Crippen LogP contribution is -2.01. The van der Waals surface area contributed by atoms with Gasteiger partial charge in [-0.05, 0) is 35.9 Å². The minimum absolute atomic E-state index is 0.784. The fraction of sp³-hybridized carbons (Fsp3) is 0. The maximum absolute atomic E-state index is 4.40. The number of anilines is 4. The monoisotopic (exact) mass is 364 g/mol. The molecule has 0 fully saturated rings. The largest absolute Gasteiger partial charge is 0.339 e. The van der Waals surface area contributed by atoms with Crippen LogP contribution in [-0.4, -0.2) is 9.97 Å². The smallest absolute Gasteiger partial charge is 0.130 e. The normalized spacial score (nSPS) is 10.7. The van der Waals surface area contributed by atoms with Crippen LogP contribution < -0.4 is 10.6 Å². The second kappa shape index (κ2) is 8.64. The van der Waals surface area contributed by atoms with Crippen molar-refractivity contribution in [2.24, 2.45) is 0 Å². The zero-order chi connectivity index (χ0) is 19.0. The van der Waals surface area contributed by atoms with Crippen molar-refractivity contribution in [1.29, 1.82) is 0 Å². The van der Waals surface area contributed by atoms with Crippen LogP contribution in [0.4, 0.5) is 23.0 Å². The lowest BCUT2D eigenvalue weighted by atomic mass is 10.1. The van der Waals surface area contributed by atoms with Gasteiger partial charge in [0, 0.05) is 18.0 Å². The Morgan fingerprint density at radius 2 is 1.25 bits per heavy atom. The van der Waals surface area contributed by atoms with E-state index in [0.29, 0.717) is 0 Å². The number of para-hydroxylation sites is 1. The first-order valence-corrected chi connectivity index (χ1v) is 9.11. The van der Waals surface area contributed by atoms with Gasteiger partial charge in [0.05, 0.1) is 11.4 Å². The predicted molar refractivity (Wildman–Crippen MR) is 117 cm³/mol. The van der Waals surface area contributed by atoms with Crippen molar-refractivity contribution in [3.63, 3.8) is 0 Å². The lowest BCUT2D eigenvalue weighted by molar-refractivity contribution is 1.29. The van der Waals surface area contributed by atoms with Crippen molar-refractivity contribution >= 4 is 35.2 Å². The quantitative estimate of drug-likeness (QED) is 0.404. The van der Waals surface area contributed by atoms with Gasteiger partial charge in [-0.15, -0.1) is 0 Å². The van der Waals surface area contributed by atoms with Crippen molar-refractivity contribution in [2.75, 3.05) is 10.6 Å². The van der Waals surface area contributed by atoms with E-state index < -0.39 is 0 Å². The van der Waals surface area contributed by atoms with E-state index in [0.717, 1.165) is 34.1 Å². The maximum atomic E-state index is 4.40. The van der Waals surface area contributed by atoms with Crippen LogP contribution in [-0.2, 0) is 0 Å². The van der Waals surface area contributed by atoms with Crippen molar-refractivity contribution < 1.29 is 0 Å². The van der Waals surface area contributed by atoms with Gasteiger partial charge in [0.2, 0.25) is 0 Å². The summed E-state index contributed by atoms with van der Waals surface area (Å²) in [6.07, 6.45) is 7.75. The second-order valence-electron chi connectivity index (χ2n) is 6.19. The van der Waals surface area contributed by atoms with E-state index in [1.165, 1.54) is 0 Å². The first-order chi connectivity index (χ1) is 13.9. The molecule has 2 heterocycles. The summed E-state index contributed by atoms with van der Waals surface area (Å²) < 4.78 is 0. The van der Waals surface area contributed by atoms with Gasteiger partial charge in [-0.25, -0.2) is 9.97 Å². The highest BCUT2D eigenvalue weighted by Crippen LogP contribution is 2.32. The minimum Gasteiger partial charge on any atom is -0.339 e. The summed E-state index contributed by atoms with van der Waals surface area (Å²) in [6, 6.07) is 28.0. The van der Waals surface area contributed by atoms with Crippen molar-refractivity contribution in [1.82, 2.24) is 9.97 Å². The van der Waals surface area contributed by atoms with Crippen LogP contribution in [0.25, 0.3) is 12.2 Å². The number of pyridine rings is 2. The van der Waals surface area contributed by atoms with Gasteiger partial charge in [0.15, 0.2) is 0 Å². The average Bonchev–Trinajstić information content (AvgIpc) is 2.76. The Bertz CT molecular complexity index is 1050. The molecule has 0 atom stereocenters. The molecule has 4 rings (SSSR count). The first kappa shape index (κ1) is 17.5. The lowest BCUT2D eigenvalue weighted by Gasteiger charge is -2.16.